The van der Waals surface area contributed by atoms with Crippen molar-refractivity contribution in [2.45, 2.75) is 20.1 Å². The van der Waals surface area contributed by atoms with E-state index < -0.39 is 0 Å². The highest BCUT2D eigenvalue weighted by molar-refractivity contribution is 7.99. The zero-order valence-electron chi connectivity index (χ0n) is 10.7. The van der Waals surface area contributed by atoms with Gasteiger partial charge in [-0.15, -0.1) is 0 Å². The average Bonchev–Trinajstić information content (AvgIpc) is 2.51. The normalized spacial score (nSPS) is 10.5. The Morgan fingerprint density at radius 2 is 1.62 bits per heavy atom. The fourth-order valence-electron chi connectivity index (χ4n) is 1.49. The number of pyridine rings is 2. The molecule has 0 spiro atoms. The Kier molecular flexibility index (Phi) is 4.69. The molecule has 3 aromatic rings. The first-order chi connectivity index (χ1) is 10.3. The minimum Gasteiger partial charge on any atom is -0.259 e. The van der Waals surface area contributed by atoms with Crippen LogP contribution in [0.5, 0.6) is 0 Å². The van der Waals surface area contributed by atoms with Crippen molar-refractivity contribution in [1.29, 1.82) is 0 Å². The monoisotopic (exact) mass is 332 g/mol. The van der Waals surface area contributed by atoms with Gasteiger partial charge >= 0.3 is 0 Å². The molecule has 4 nitrogen and oxygen atoms in total. The molecule has 0 radical (unpaired) electrons. The first-order valence-corrected chi connectivity index (χ1v) is 8.02. The van der Waals surface area contributed by atoms with E-state index in [0.29, 0.717) is 10.0 Å². The maximum Gasteiger partial charge on any atom is 0.122 e. The topological polar surface area (TPSA) is 51.6 Å². The van der Waals surface area contributed by atoms with Crippen molar-refractivity contribution in [3.63, 3.8) is 0 Å². The second-order valence-corrected chi connectivity index (χ2v) is 6.32. The molecular weight excluding hydrogens is 324 g/mol. The Labute approximate surface area is 135 Å². The summed E-state index contributed by atoms with van der Waals surface area (Å²) in [6.45, 7) is 0. The van der Waals surface area contributed by atoms with E-state index in [0.717, 1.165) is 15.1 Å². The van der Waals surface area contributed by atoms with Crippen molar-refractivity contribution in [2.24, 2.45) is 0 Å². The van der Waals surface area contributed by atoms with Gasteiger partial charge < -0.3 is 0 Å². The van der Waals surface area contributed by atoms with Crippen LogP contribution < -0.4 is 0 Å². The van der Waals surface area contributed by atoms with Gasteiger partial charge in [0.15, 0.2) is 0 Å². The Balaban J connectivity index is 1.79. The Morgan fingerprint density at radius 3 is 2.38 bits per heavy atom. The van der Waals surface area contributed by atoms with E-state index in [1.807, 2.05) is 18.2 Å². The number of halogens is 1. The van der Waals surface area contributed by atoms with Crippen LogP contribution in [-0.2, 0) is 0 Å². The van der Waals surface area contributed by atoms with Crippen molar-refractivity contribution < 1.29 is 0 Å². The van der Waals surface area contributed by atoms with Gasteiger partial charge in [0.1, 0.15) is 20.1 Å². The molecule has 0 saturated heterocycles. The van der Waals surface area contributed by atoms with E-state index in [2.05, 4.69) is 19.9 Å². The molecule has 3 aromatic heterocycles. The molecule has 21 heavy (non-hydrogen) atoms. The quantitative estimate of drug-likeness (QED) is 0.713. The number of hydrogen-bond donors (Lipinski definition) is 0. The highest BCUT2D eigenvalue weighted by Crippen LogP contribution is 2.31. The lowest BCUT2D eigenvalue weighted by atomic mass is 10.5. The zero-order valence-corrected chi connectivity index (χ0v) is 13.1. The second-order valence-electron chi connectivity index (χ2n) is 3.86. The third-order valence-electron chi connectivity index (χ3n) is 2.36. The molecule has 0 aliphatic heterocycles. The summed E-state index contributed by atoms with van der Waals surface area (Å²) in [4.78, 5) is 17.2. The van der Waals surface area contributed by atoms with Gasteiger partial charge in [-0.05, 0) is 47.8 Å². The third kappa shape index (κ3) is 3.93. The fourth-order valence-corrected chi connectivity index (χ4v) is 3.25. The van der Waals surface area contributed by atoms with Crippen LogP contribution in [0.3, 0.4) is 0 Å². The summed E-state index contributed by atoms with van der Waals surface area (Å²) in [6.07, 6.45) is 6.86. The largest absolute Gasteiger partial charge is 0.259 e. The van der Waals surface area contributed by atoms with Crippen LogP contribution in [0, 0.1) is 0 Å². The van der Waals surface area contributed by atoms with Crippen LogP contribution in [0.1, 0.15) is 0 Å². The summed E-state index contributed by atoms with van der Waals surface area (Å²) in [6, 6.07) is 9.35. The van der Waals surface area contributed by atoms with Crippen LogP contribution in [0.2, 0.25) is 5.02 Å². The molecule has 104 valence electrons. The number of nitrogens with zero attached hydrogens (tertiary/aromatic N) is 4. The van der Waals surface area contributed by atoms with Crippen LogP contribution in [0.4, 0.5) is 0 Å². The molecule has 0 amide bonds. The lowest BCUT2D eigenvalue weighted by Gasteiger charge is -2.04. The van der Waals surface area contributed by atoms with Gasteiger partial charge in [0.25, 0.3) is 0 Å². The molecule has 0 aliphatic carbocycles. The maximum absolute atomic E-state index is 6.10. The first kappa shape index (κ1) is 14.3. The van der Waals surface area contributed by atoms with Crippen molar-refractivity contribution in [3.8, 4) is 0 Å². The van der Waals surface area contributed by atoms with Crippen molar-refractivity contribution in [2.75, 3.05) is 0 Å². The van der Waals surface area contributed by atoms with E-state index in [1.54, 1.807) is 36.9 Å². The van der Waals surface area contributed by atoms with E-state index in [-0.39, 0.29) is 0 Å². The molecule has 0 aromatic carbocycles. The molecule has 0 N–H and O–H groups in total. The first-order valence-electron chi connectivity index (χ1n) is 6.00. The SMILES string of the molecule is Clc1cccnc1Sc1cncc(Sc2ccccn2)n1. The van der Waals surface area contributed by atoms with Gasteiger partial charge in [0.2, 0.25) is 0 Å². The lowest BCUT2D eigenvalue weighted by Crippen LogP contribution is -1.88. The highest BCUT2D eigenvalue weighted by atomic mass is 35.5. The summed E-state index contributed by atoms with van der Waals surface area (Å²) < 4.78 is 0. The molecule has 3 heterocycles. The summed E-state index contributed by atoms with van der Waals surface area (Å²) in [7, 11) is 0. The minimum absolute atomic E-state index is 0.604. The lowest BCUT2D eigenvalue weighted by molar-refractivity contribution is 0.938. The van der Waals surface area contributed by atoms with Crippen LogP contribution in [0.15, 0.2) is 75.2 Å². The van der Waals surface area contributed by atoms with E-state index in [4.69, 9.17) is 11.6 Å². The van der Waals surface area contributed by atoms with Gasteiger partial charge in [-0.25, -0.2) is 15.0 Å². The van der Waals surface area contributed by atoms with E-state index in [1.165, 1.54) is 23.5 Å². The molecular formula is C14H9ClN4S2. The van der Waals surface area contributed by atoms with Gasteiger partial charge in [-0.1, -0.05) is 17.7 Å². The Hall–Kier alpha value is -1.63. The molecule has 0 unspecified atom stereocenters. The van der Waals surface area contributed by atoms with Crippen LogP contribution in [-0.4, -0.2) is 19.9 Å². The van der Waals surface area contributed by atoms with Gasteiger partial charge in [-0.3, -0.25) is 4.98 Å². The zero-order chi connectivity index (χ0) is 14.5. The molecule has 0 bridgehead atoms. The second kappa shape index (κ2) is 6.89. The van der Waals surface area contributed by atoms with Crippen molar-refractivity contribution >= 4 is 35.1 Å². The highest BCUT2D eigenvalue weighted by Gasteiger charge is 2.07. The molecule has 0 aliphatic rings. The van der Waals surface area contributed by atoms with Gasteiger partial charge in [0.05, 0.1) is 17.4 Å². The van der Waals surface area contributed by atoms with Gasteiger partial charge in [-0.2, -0.15) is 0 Å². The Morgan fingerprint density at radius 1 is 0.810 bits per heavy atom. The summed E-state index contributed by atoms with van der Waals surface area (Å²) in [5, 5.41) is 3.73. The predicted octanol–water partition coefficient (Wildman–Crippen LogP) is 4.22. The molecule has 0 atom stereocenters. The summed E-state index contributed by atoms with van der Waals surface area (Å²) in [5.41, 5.74) is 0. The van der Waals surface area contributed by atoms with E-state index in [9.17, 15) is 0 Å². The molecule has 0 saturated carbocycles. The van der Waals surface area contributed by atoms with E-state index >= 15 is 0 Å². The van der Waals surface area contributed by atoms with Gasteiger partial charge in [0, 0.05) is 12.4 Å². The molecule has 7 heteroatoms. The molecule has 0 fully saturated rings. The van der Waals surface area contributed by atoms with Crippen LogP contribution >= 0.6 is 35.1 Å². The van der Waals surface area contributed by atoms with Crippen molar-refractivity contribution in [3.05, 3.63) is 60.1 Å². The number of aromatic nitrogens is 4. The van der Waals surface area contributed by atoms with Crippen LogP contribution in [0.25, 0.3) is 0 Å². The summed E-state index contributed by atoms with van der Waals surface area (Å²) in [5.74, 6) is 0. The standard InChI is InChI=1S/C14H9ClN4S2/c15-10-4-3-7-18-14(10)21-13-9-16-8-12(19-13)20-11-5-1-2-6-17-11/h1-9H. The summed E-state index contributed by atoms with van der Waals surface area (Å²) >= 11 is 8.95. The maximum atomic E-state index is 6.10. The Bertz CT molecular complexity index is 740. The fraction of sp³-hybridized carbons (Fsp3) is 0. The third-order valence-corrected chi connectivity index (χ3v) is 4.56. The number of rotatable bonds is 4. The number of hydrogen-bond acceptors (Lipinski definition) is 6. The predicted molar refractivity (Wildman–Crippen MR) is 83.8 cm³/mol. The van der Waals surface area contributed by atoms with Crippen molar-refractivity contribution in [1.82, 2.24) is 19.9 Å². The smallest absolute Gasteiger partial charge is 0.122 e. The average molecular weight is 333 g/mol. The minimum atomic E-state index is 0.604. The molecule has 3 rings (SSSR count).